The third kappa shape index (κ3) is 2.67. The highest BCUT2D eigenvalue weighted by molar-refractivity contribution is 5.93. The molecule has 18 heavy (non-hydrogen) atoms. The zero-order valence-corrected chi connectivity index (χ0v) is 10.7. The van der Waals surface area contributed by atoms with E-state index in [-0.39, 0.29) is 12.5 Å². The van der Waals surface area contributed by atoms with Crippen molar-refractivity contribution in [1.29, 1.82) is 0 Å². The van der Waals surface area contributed by atoms with Gasteiger partial charge < -0.3 is 21.1 Å². The molecular weight excluding hydrogens is 230 g/mol. The van der Waals surface area contributed by atoms with Gasteiger partial charge in [-0.15, -0.1) is 0 Å². The molecule has 0 aliphatic heterocycles. The van der Waals surface area contributed by atoms with Crippen molar-refractivity contribution in [3.05, 3.63) is 18.0 Å². The maximum absolute atomic E-state index is 12.1. The van der Waals surface area contributed by atoms with E-state index in [4.69, 9.17) is 5.73 Å². The molecule has 1 amide bonds. The topological polar surface area (TPSA) is 91.1 Å². The first-order valence-electron chi connectivity index (χ1n) is 6.42. The number of amides is 1. The fourth-order valence-electron chi connectivity index (χ4n) is 2.49. The van der Waals surface area contributed by atoms with E-state index in [1.807, 2.05) is 0 Å². The maximum atomic E-state index is 12.1. The minimum atomic E-state index is -0.469. The van der Waals surface area contributed by atoms with E-state index in [9.17, 15) is 9.90 Å². The predicted octanol–water partition coefficient (Wildman–Crippen LogP) is 1.27. The molecule has 5 nitrogen and oxygen atoms in total. The van der Waals surface area contributed by atoms with Crippen LogP contribution in [-0.2, 0) is 0 Å². The van der Waals surface area contributed by atoms with E-state index < -0.39 is 5.54 Å². The molecule has 1 saturated carbocycles. The average molecular weight is 251 g/mol. The van der Waals surface area contributed by atoms with Crippen LogP contribution >= 0.6 is 0 Å². The summed E-state index contributed by atoms with van der Waals surface area (Å²) in [5, 5.41) is 12.5. The van der Waals surface area contributed by atoms with Crippen LogP contribution in [-0.4, -0.2) is 28.1 Å². The van der Waals surface area contributed by atoms with Crippen molar-refractivity contribution >= 4 is 11.6 Å². The van der Waals surface area contributed by atoms with Gasteiger partial charge in [-0.3, -0.25) is 4.79 Å². The first kappa shape index (κ1) is 13.0. The largest absolute Gasteiger partial charge is 0.397 e. The van der Waals surface area contributed by atoms with Crippen LogP contribution in [0, 0.1) is 5.92 Å². The highest BCUT2D eigenvalue weighted by Crippen LogP contribution is 2.31. The van der Waals surface area contributed by atoms with Crippen molar-refractivity contribution < 1.29 is 9.90 Å². The second kappa shape index (κ2) is 5.02. The molecule has 1 aliphatic rings. The summed E-state index contributed by atoms with van der Waals surface area (Å²) in [5.74, 6) is 0.470. The van der Waals surface area contributed by atoms with Crippen molar-refractivity contribution in [2.45, 2.75) is 38.1 Å². The van der Waals surface area contributed by atoms with Gasteiger partial charge in [0.1, 0.15) is 5.69 Å². The number of H-pyrrole nitrogens is 1. The number of carbonyl (C=O) groups is 1. The summed E-state index contributed by atoms with van der Waals surface area (Å²) in [5.41, 5.74) is 6.08. The molecule has 0 atom stereocenters. The molecule has 1 aromatic heterocycles. The molecule has 5 heteroatoms. The van der Waals surface area contributed by atoms with E-state index in [0.29, 0.717) is 17.3 Å². The van der Waals surface area contributed by atoms with Gasteiger partial charge in [0.05, 0.1) is 12.1 Å². The molecule has 1 aliphatic carbocycles. The quantitative estimate of drug-likeness (QED) is 0.652. The fourth-order valence-corrected chi connectivity index (χ4v) is 2.49. The normalized spacial score (nSPS) is 28.0. The number of hydrogen-bond donors (Lipinski definition) is 4. The van der Waals surface area contributed by atoms with Crippen molar-refractivity contribution in [1.82, 2.24) is 10.3 Å². The summed E-state index contributed by atoms with van der Waals surface area (Å²) in [6.07, 6.45) is 5.31. The fraction of sp³-hybridized carbons (Fsp3) is 0.615. The number of aliphatic hydroxyl groups excluding tert-OH is 1. The summed E-state index contributed by atoms with van der Waals surface area (Å²) < 4.78 is 0. The van der Waals surface area contributed by atoms with Crippen LogP contribution in [0.2, 0.25) is 0 Å². The third-order valence-corrected chi connectivity index (χ3v) is 3.86. The zero-order valence-electron chi connectivity index (χ0n) is 10.7. The van der Waals surface area contributed by atoms with Crippen molar-refractivity contribution in [2.75, 3.05) is 12.3 Å². The summed E-state index contributed by atoms with van der Waals surface area (Å²) in [4.78, 5) is 14.9. The van der Waals surface area contributed by atoms with E-state index >= 15 is 0 Å². The molecule has 2 rings (SSSR count). The molecule has 0 radical (unpaired) electrons. The number of anilines is 1. The molecular formula is C13H21N3O2. The van der Waals surface area contributed by atoms with Gasteiger partial charge in [-0.2, -0.15) is 0 Å². The summed E-state index contributed by atoms with van der Waals surface area (Å²) in [6, 6.07) is 1.60. The van der Waals surface area contributed by atoms with E-state index in [2.05, 4.69) is 17.2 Å². The van der Waals surface area contributed by atoms with Crippen molar-refractivity contribution in [3.63, 3.8) is 0 Å². The van der Waals surface area contributed by atoms with Gasteiger partial charge in [-0.1, -0.05) is 6.92 Å². The molecule has 5 N–H and O–H groups in total. The Hall–Kier alpha value is -1.49. The minimum Gasteiger partial charge on any atom is -0.397 e. The Labute approximate surface area is 107 Å². The maximum Gasteiger partial charge on any atom is 0.268 e. The second-order valence-electron chi connectivity index (χ2n) is 5.42. The lowest BCUT2D eigenvalue weighted by molar-refractivity contribution is 0.0713. The first-order chi connectivity index (χ1) is 8.54. The highest BCUT2D eigenvalue weighted by atomic mass is 16.3. The molecule has 1 aromatic rings. The van der Waals surface area contributed by atoms with Crippen LogP contribution < -0.4 is 11.1 Å². The number of nitrogens with two attached hydrogens (primary N) is 1. The number of hydrogen-bond acceptors (Lipinski definition) is 3. The molecule has 0 bridgehead atoms. The predicted molar refractivity (Wildman–Crippen MR) is 70.1 cm³/mol. The van der Waals surface area contributed by atoms with Gasteiger partial charge in [0.25, 0.3) is 5.91 Å². The molecule has 0 unspecified atom stereocenters. The molecule has 100 valence electrons. The van der Waals surface area contributed by atoms with Crippen LogP contribution in [0.5, 0.6) is 0 Å². The number of aromatic nitrogens is 1. The Bertz CT molecular complexity index is 420. The molecule has 1 fully saturated rings. The summed E-state index contributed by atoms with van der Waals surface area (Å²) in [7, 11) is 0. The van der Waals surface area contributed by atoms with Gasteiger partial charge >= 0.3 is 0 Å². The Balaban J connectivity index is 2.04. The summed E-state index contributed by atoms with van der Waals surface area (Å²) in [6.45, 7) is 2.19. The van der Waals surface area contributed by atoms with Crippen LogP contribution in [0.3, 0.4) is 0 Å². The SMILES string of the molecule is CC1CCC(CO)(NC(=O)c2cc(N)c[nH]2)CC1. The Morgan fingerprint density at radius 2 is 2.28 bits per heavy atom. The molecule has 0 aromatic carbocycles. The molecule has 0 saturated heterocycles. The van der Waals surface area contributed by atoms with Gasteiger partial charge in [0.15, 0.2) is 0 Å². The first-order valence-corrected chi connectivity index (χ1v) is 6.42. The van der Waals surface area contributed by atoms with Crippen LogP contribution in [0.4, 0.5) is 5.69 Å². The minimum absolute atomic E-state index is 0.0123. The van der Waals surface area contributed by atoms with E-state index in [1.165, 1.54) is 0 Å². The number of nitrogens with one attached hydrogen (secondary N) is 2. The molecule has 0 spiro atoms. The lowest BCUT2D eigenvalue weighted by Crippen LogP contribution is -2.53. The van der Waals surface area contributed by atoms with E-state index in [0.717, 1.165) is 25.7 Å². The van der Waals surface area contributed by atoms with Crippen LogP contribution in [0.1, 0.15) is 43.1 Å². The number of rotatable bonds is 3. The van der Waals surface area contributed by atoms with E-state index in [1.54, 1.807) is 12.3 Å². The number of nitrogen functional groups attached to an aromatic ring is 1. The van der Waals surface area contributed by atoms with Crippen LogP contribution in [0.15, 0.2) is 12.3 Å². The van der Waals surface area contributed by atoms with Gasteiger partial charge in [-0.25, -0.2) is 0 Å². The Morgan fingerprint density at radius 1 is 1.61 bits per heavy atom. The Morgan fingerprint density at radius 3 is 2.78 bits per heavy atom. The van der Waals surface area contributed by atoms with Gasteiger partial charge in [-0.05, 0) is 37.7 Å². The number of aromatic amines is 1. The lowest BCUT2D eigenvalue weighted by atomic mass is 9.77. The van der Waals surface area contributed by atoms with Gasteiger partial charge in [0.2, 0.25) is 0 Å². The van der Waals surface area contributed by atoms with Crippen LogP contribution in [0.25, 0.3) is 0 Å². The average Bonchev–Trinajstić information content (AvgIpc) is 2.79. The Kier molecular flexibility index (Phi) is 3.61. The standard InChI is InChI=1S/C13H21N3O2/c1-9-2-4-13(8-17,5-3-9)16-12(18)11-6-10(14)7-15-11/h6-7,9,15,17H,2-5,8,14H2,1H3,(H,16,18). The number of carbonyl (C=O) groups excluding carboxylic acids is 1. The third-order valence-electron chi connectivity index (χ3n) is 3.86. The van der Waals surface area contributed by atoms with Gasteiger partial charge in [0, 0.05) is 11.9 Å². The summed E-state index contributed by atoms with van der Waals surface area (Å²) >= 11 is 0. The lowest BCUT2D eigenvalue weighted by Gasteiger charge is -2.38. The second-order valence-corrected chi connectivity index (χ2v) is 5.42. The molecule has 1 heterocycles. The number of aliphatic hydroxyl groups is 1. The van der Waals surface area contributed by atoms with Crippen molar-refractivity contribution in [3.8, 4) is 0 Å². The highest BCUT2D eigenvalue weighted by Gasteiger charge is 2.35. The zero-order chi connectivity index (χ0) is 13.2. The van der Waals surface area contributed by atoms with Crippen molar-refractivity contribution in [2.24, 2.45) is 5.92 Å². The monoisotopic (exact) mass is 251 g/mol. The smallest absolute Gasteiger partial charge is 0.268 e.